The van der Waals surface area contributed by atoms with Crippen LogP contribution in [0, 0.1) is 5.92 Å². The van der Waals surface area contributed by atoms with E-state index in [1.54, 1.807) is 0 Å². The minimum atomic E-state index is -0.278. The van der Waals surface area contributed by atoms with E-state index in [2.05, 4.69) is 24.3 Å². The standard InChI is InChI=1S/C15H16O/c16-15(12-7-3-8-12)14-10-4-6-11-5-1-2-9-13(11)14/h1-2,4-6,9-10,12,15-16H,3,7-8H2. The van der Waals surface area contributed by atoms with Crippen molar-refractivity contribution in [2.75, 3.05) is 0 Å². The minimum Gasteiger partial charge on any atom is -0.388 e. The Balaban J connectivity index is 2.08. The van der Waals surface area contributed by atoms with E-state index >= 15 is 0 Å². The molecule has 1 heteroatoms. The van der Waals surface area contributed by atoms with Crippen molar-refractivity contribution in [3.05, 3.63) is 48.0 Å². The van der Waals surface area contributed by atoms with Crippen molar-refractivity contribution < 1.29 is 5.11 Å². The third-order valence-corrected chi connectivity index (χ3v) is 3.74. The molecule has 1 N–H and O–H groups in total. The lowest BCUT2D eigenvalue weighted by Crippen LogP contribution is -2.20. The molecule has 0 aromatic heterocycles. The molecule has 1 fully saturated rings. The van der Waals surface area contributed by atoms with Gasteiger partial charge in [0.05, 0.1) is 6.10 Å². The maximum absolute atomic E-state index is 10.3. The van der Waals surface area contributed by atoms with Gasteiger partial charge in [0, 0.05) is 0 Å². The van der Waals surface area contributed by atoms with E-state index < -0.39 is 0 Å². The van der Waals surface area contributed by atoms with Gasteiger partial charge in [-0.25, -0.2) is 0 Å². The molecular formula is C15H16O. The molecule has 1 saturated carbocycles. The molecule has 2 aromatic rings. The summed E-state index contributed by atoms with van der Waals surface area (Å²) in [7, 11) is 0. The van der Waals surface area contributed by atoms with Crippen LogP contribution < -0.4 is 0 Å². The zero-order chi connectivity index (χ0) is 11.0. The minimum absolute atomic E-state index is 0.278. The molecular weight excluding hydrogens is 196 g/mol. The van der Waals surface area contributed by atoms with Crippen LogP contribution >= 0.6 is 0 Å². The summed E-state index contributed by atoms with van der Waals surface area (Å²) in [6, 6.07) is 14.5. The Morgan fingerprint density at radius 1 is 1.00 bits per heavy atom. The smallest absolute Gasteiger partial charge is 0.0824 e. The number of hydrogen-bond donors (Lipinski definition) is 1. The molecule has 0 spiro atoms. The van der Waals surface area contributed by atoms with Crippen LogP contribution in [0.2, 0.25) is 0 Å². The molecule has 0 amide bonds. The summed E-state index contributed by atoms with van der Waals surface area (Å²) in [5.74, 6) is 0.478. The molecule has 1 atom stereocenters. The lowest BCUT2D eigenvalue weighted by atomic mass is 9.78. The van der Waals surface area contributed by atoms with E-state index in [4.69, 9.17) is 0 Å². The number of hydrogen-bond acceptors (Lipinski definition) is 1. The molecule has 0 saturated heterocycles. The van der Waals surface area contributed by atoms with E-state index in [-0.39, 0.29) is 6.10 Å². The summed E-state index contributed by atoms with van der Waals surface area (Å²) in [6.45, 7) is 0. The first-order valence-electron chi connectivity index (χ1n) is 6.02. The largest absolute Gasteiger partial charge is 0.388 e. The highest BCUT2D eigenvalue weighted by Crippen LogP contribution is 2.39. The Morgan fingerprint density at radius 3 is 2.50 bits per heavy atom. The molecule has 1 nitrogen and oxygen atoms in total. The fourth-order valence-electron chi connectivity index (χ4n) is 2.52. The second-order valence-electron chi connectivity index (χ2n) is 4.70. The summed E-state index contributed by atoms with van der Waals surface area (Å²) in [5, 5.41) is 12.8. The summed E-state index contributed by atoms with van der Waals surface area (Å²) >= 11 is 0. The molecule has 1 unspecified atom stereocenters. The Bertz CT molecular complexity index is 494. The van der Waals surface area contributed by atoms with Crippen LogP contribution in [0.3, 0.4) is 0 Å². The van der Waals surface area contributed by atoms with Crippen molar-refractivity contribution >= 4 is 10.8 Å². The summed E-state index contributed by atoms with van der Waals surface area (Å²) in [6.07, 6.45) is 3.33. The van der Waals surface area contributed by atoms with Crippen LogP contribution in [0.15, 0.2) is 42.5 Å². The van der Waals surface area contributed by atoms with Crippen LogP contribution in [-0.4, -0.2) is 5.11 Å². The van der Waals surface area contributed by atoms with E-state index in [1.165, 1.54) is 30.0 Å². The Morgan fingerprint density at radius 2 is 1.75 bits per heavy atom. The predicted octanol–water partition coefficient (Wildman–Crippen LogP) is 3.67. The average Bonchev–Trinajstić information content (AvgIpc) is 2.26. The normalized spacial score (nSPS) is 18.3. The zero-order valence-corrected chi connectivity index (χ0v) is 9.26. The second-order valence-corrected chi connectivity index (χ2v) is 4.70. The fraction of sp³-hybridized carbons (Fsp3) is 0.333. The van der Waals surface area contributed by atoms with E-state index in [1.807, 2.05) is 18.2 Å². The molecule has 2 aromatic carbocycles. The average molecular weight is 212 g/mol. The van der Waals surface area contributed by atoms with Gasteiger partial charge in [-0.15, -0.1) is 0 Å². The van der Waals surface area contributed by atoms with Gasteiger partial charge in [-0.05, 0) is 35.1 Å². The van der Waals surface area contributed by atoms with Crippen LogP contribution in [0.5, 0.6) is 0 Å². The SMILES string of the molecule is OC(c1cccc2ccccc12)C1CCC1. The lowest BCUT2D eigenvalue weighted by Gasteiger charge is -2.31. The highest BCUT2D eigenvalue weighted by atomic mass is 16.3. The molecule has 1 aliphatic carbocycles. The van der Waals surface area contributed by atoms with Gasteiger partial charge < -0.3 is 5.11 Å². The molecule has 1 aliphatic rings. The van der Waals surface area contributed by atoms with Gasteiger partial charge in [0.15, 0.2) is 0 Å². The first kappa shape index (κ1) is 9.86. The van der Waals surface area contributed by atoms with E-state index in [9.17, 15) is 5.11 Å². The number of aliphatic hydroxyl groups excluding tert-OH is 1. The summed E-state index contributed by atoms with van der Waals surface area (Å²) < 4.78 is 0. The van der Waals surface area contributed by atoms with Crippen molar-refractivity contribution in [3.8, 4) is 0 Å². The van der Waals surface area contributed by atoms with Crippen molar-refractivity contribution in [1.82, 2.24) is 0 Å². The van der Waals surface area contributed by atoms with Crippen molar-refractivity contribution in [2.24, 2.45) is 5.92 Å². The number of rotatable bonds is 2. The van der Waals surface area contributed by atoms with Gasteiger partial charge in [0.2, 0.25) is 0 Å². The first-order chi connectivity index (χ1) is 7.86. The maximum atomic E-state index is 10.3. The second kappa shape index (κ2) is 3.91. The maximum Gasteiger partial charge on any atom is 0.0824 e. The molecule has 3 rings (SSSR count). The van der Waals surface area contributed by atoms with Gasteiger partial charge >= 0.3 is 0 Å². The quantitative estimate of drug-likeness (QED) is 0.805. The zero-order valence-electron chi connectivity index (χ0n) is 9.26. The monoisotopic (exact) mass is 212 g/mol. The number of benzene rings is 2. The van der Waals surface area contributed by atoms with Gasteiger partial charge in [-0.1, -0.05) is 48.9 Å². The predicted molar refractivity (Wildman–Crippen MR) is 66.2 cm³/mol. The molecule has 0 bridgehead atoms. The Labute approximate surface area is 95.7 Å². The number of aliphatic hydroxyl groups is 1. The molecule has 16 heavy (non-hydrogen) atoms. The van der Waals surface area contributed by atoms with Crippen molar-refractivity contribution in [2.45, 2.75) is 25.4 Å². The number of fused-ring (bicyclic) bond motifs is 1. The molecule has 82 valence electrons. The first-order valence-corrected chi connectivity index (χ1v) is 6.02. The van der Waals surface area contributed by atoms with Crippen LogP contribution in [0.1, 0.15) is 30.9 Å². The topological polar surface area (TPSA) is 20.2 Å². The van der Waals surface area contributed by atoms with Gasteiger partial charge in [0.25, 0.3) is 0 Å². The van der Waals surface area contributed by atoms with Crippen LogP contribution in [-0.2, 0) is 0 Å². The van der Waals surface area contributed by atoms with Gasteiger partial charge in [-0.2, -0.15) is 0 Å². The third-order valence-electron chi connectivity index (χ3n) is 3.74. The molecule has 0 heterocycles. The van der Waals surface area contributed by atoms with E-state index in [0.29, 0.717) is 5.92 Å². The Kier molecular flexibility index (Phi) is 2.41. The summed E-state index contributed by atoms with van der Waals surface area (Å²) in [5.41, 5.74) is 1.10. The van der Waals surface area contributed by atoms with Crippen molar-refractivity contribution in [3.63, 3.8) is 0 Å². The highest BCUT2D eigenvalue weighted by molar-refractivity contribution is 5.86. The summed E-state index contributed by atoms with van der Waals surface area (Å²) in [4.78, 5) is 0. The van der Waals surface area contributed by atoms with Gasteiger partial charge in [-0.3, -0.25) is 0 Å². The van der Waals surface area contributed by atoms with E-state index in [0.717, 1.165) is 5.56 Å². The van der Waals surface area contributed by atoms with Crippen molar-refractivity contribution in [1.29, 1.82) is 0 Å². The molecule has 0 radical (unpaired) electrons. The lowest BCUT2D eigenvalue weighted by molar-refractivity contribution is 0.0632. The van der Waals surface area contributed by atoms with Gasteiger partial charge in [0.1, 0.15) is 0 Å². The molecule has 0 aliphatic heterocycles. The van der Waals surface area contributed by atoms with Crippen LogP contribution in [0.25, 0.3) is 10.8 Å². The fourth-order valence-corrected chi connectivity index (χ4v) is 2.52. The highest BCUT2D eigenvalue weighted by Gasteiger charge is 2.27. The third kappa shape index (κ3) is 1.52. The van der Waals surface area contributed by atoms with Crippen LogP contribution in [0.4, 0.5) is 0 Å². The Hall–Kier alpha value is -1.34.